The Hall–Kier alpha value is -2.22. The van der Waals surface area contributed by atoms with E-state index in [0.717, 1.165) is 57.3 Å². The zero-order valence-corrected chi connectivity index (χ0v) is 33.0. The van der Waals surface area contributed by atoms with Gasteiger partial charge in [-0.3, -0.25) is 9.59 Å². The van der Waals surface area contributed by atoms with E-state index in [2.05, 4.69) is 20.8 Å². The molecule has 0 aromatic carbocycles. The molecule has 4 atom stereocenters. The minimum absolute atomic E-state index is 0.136. The first kappa shape index (κ1) is 48.8. The average molecular weight is 719 g/mol. The maximum absolute atomic E-state index is 12.2. The van der Waals surface area contributed by atoms with Crippen LogP contribution < -0.4 is 0 Å². The van der Waals surface area contributed by atoms with Gasteiger partial charge in [0.25, 0.3) is 0 Å². The maximum atomic E-state index is 12.2. The van der Waals surface area contributed by atoms with Crippen LogP contribution in [0.3, 0.4) is 0 Å². The van der Waals surface area contributed by atoms with Crippen molar-refractivity contribution < 1.29 is 34.4 Å². The summed E-state index contributed by atoms with van der Waals surface area (Å²) in [4.78, 5) is 24.3. The molecule has 0 spiro atoms. The number of carbonyl (C=O) groups is 2. The molecular formula is C44H78O7. The second-order valence-electron chi connectivity index (χ2n) is 14.4. The number of ether oxygens (including phenoxy) is 2. The van der Waals surface area contributed by atoms with E-state index in [1.807, 2.05) is 36.5 Å². The number of aliphatic hydroxyl groups excluding tert-OH is 3. The summed E-state index contributed by atoms with van der Waals surface area (Å²) in [7, 11) is 0. The first-order valence-electron chi connectivity index (χ1n) is 20.8. The smallest absolute Gasteiger partial charge is 0.306 e. The third-order valence-corrected chi connectivity index (χ3v) is 9.37. The molecule has 7 heteroatoms. The van der Waals surface area contributed by atoms with Gasteiger partial charge in [-0.15, -0.1) is 0 Å². The van der Waals surface area contributed by atoms with Crippen LogP contribution in [0.4, 0.5) is 0 Å². The molecule has 1 unspecified atom stereocenters. The van der Waals surface area contributed by atoms with Crippen LogP contribution in [-0.4, -0.2) is 58.8 Å². The van der Waals surface area contributed by atoms with Gasteiger partial charge in [-0.2, -0.15) is 0 Å². The Bertz CT molecular complexity index is 909. The van der Waals surface area contributed by atoms with E-state index in [-0.39, 0.29) is 25.1 Å². The highest BCUT2D eigenvalue weighted by atomic mass is 16.6. The zero-order valence-electron chi connectivity index (χ0n) is 33.0. The van der Waals surface area contributed by atoms with Crippen molar-refractivity contribution in [1.82, 2.24) is 0 Å². The van der Waals surface area contributed by atoms with Gasteiger partial charge in [-0.25, -0.2) is 0 Å². The number of hydrogen-bond acceptors (Lipinski definition) is 7. The van der Waals surface area contributed by atoms with E-state index in [9.17, 15) is 24.9 Å². The van der Waals surface area contributed by atoms with Crippen molar-refractivity contribution in [1.29, 1.82) is 0 Å². The quantitative estimate of drug-likeness (QED) is 0.0336. The van der Waals surface area contributed by atoms with Crippen LogP contribution >= 0.6 is 0 Å². The molecule has 0 fully saturated rings. The Kier molecular flexibility index (Phi) is 35.9. The molecule has 0 aliphatic heterocycles. The molecule has 296 valence electrons. The topological polar surface area (TPSA) is 113 Å². The fraction of sp³-hybridized carbons (Fsp3) is 0.773. The Morgan fingerprint density at radius 2 is 1.06 bits per heavy atom. The molecule has 51 heavy (non-hydrogen) atoms. The van der Waals surface area contributed by atoms with Crippen LogP contribution in [-0.2, 0) is 19.1 Å². The molecule has 0 heterocycles. The first-order chi connectivity index (χ1) is 24.8. The lowest BCUT2D eigenvalue weighted by atomic mass is 9.99. The van der Waals surface area contributed by atoms with Gasteiger partial charge in [0, 0.05) is 12.8 Å². The van der Waals surface area contributed by atoms with Gasteiger partial charge in [0.2, 0.25) is 0 Å². The largest absolute Gasteiger partial charge is 0.462 e. The Balaban J connectivity index is 3.77. The molecule has 0 rings (SSSR count). The molecule has 0 saturated carbocycles. The highest BCUT2D eigenvalue weighted by molar-refractivity contribution is 5.70. The van der Waals surface area contributed by atoms with Gasteiger partial charge in [0.15, 0.2) is 6.10 Å². The van der Waals surface area contributed by atoms with Crippen molar-refractivity contribution >= 4 is 11.9 Å². The van der Waals surface area contributed by atoms with Crippen molar-refractivity contribution in [2.75, 3.05) is 13.2 Å². The van der Waals surface area contributed by atoms with Crippen LogP contribution in [0.5, 0.6) is 0 Å². The number of unbranched alkanes of at least 4 members (excludes halogenated alkanes) is 15. The molecule has 0 saturated heterocycles. The Morgan fingerprint density at radius 1 is 0.588 bits per heavy atom. The standard InChI is InChI=1S/C44H78O7/c1-4-6-24-31-40(46)32-26-21-17-15-18-22-27-33-41(47)34-29-36-43(48)50-38-42(37-45)51-44(49)35-28-23-19-14-12-10-8-7-9-11-13-16-20-25-30-39(3)5-2/h17-18,21-22,26-27,32-33,39-42,45-47H,4-16,19-20,23-25,28-31,34-38H2,1-3H3/b21-17-,22-18-,32-26+,33-27+/t39?,40-,41-,42-/m0/s1. The molecule has 0 aromatic rings. The molecule has 7 nitrogen and oxygen atoms in total. The highest BCUT2D eigenvalue weighted by Crippen LogP contribution is 2.16. The number of esters is 2. The van der Waals surface area contributed by atoms with Gasteiger partial charge >= 0.3 is 11.9 Å². The Morgan fingerprint density at radius 3 is 1.57 bits per heavy atom. The molecule has 3 N–H and O–H groups in total. The molecule has 0 radical (unpaired) electrons. The monoisotopic (exact) mass is 719 g/mol. The van der Waals surface area contributed by atoms with E-state index in [4.69, 9.17) is 9.47 Å². The summed E-state index contributed by atoms with van der Waals surface area (Å²) in [5.74, 6) is 0.0721. The van der Waals surface area contributed by atoms with Crippen LogP contribution in [0.25, 0.3) is 0 Å². The van der Waals surface area contributed by atoms with Gasteiger partial charge in [-0.05, 0) is 38.0 Å². The molecular weight excluding hydrogens is 640 g/mol. The number of aliphatic hydroxyl groups is 3. The van der Waals surface area contributed by atoms with Crippen molar-refractivity contribution in [3.8, 4) is 0 Å². The van der Waals surface area contributed by atoms with Crippen LogP contribution in [0.1, 0.15) is 181 Å². The molecule has 0 amide bonds. The SMILES string of the molecule is CCCCC[C@H](O)/C=C/C=C\C/C=C\C=C\[C@H](O)CCCC(=O)OC[C@H](CO)OC(=O)CCCCCCCCCCCCCCCCC(C)CC. The third kappa shape index (κ3) is 35.9. The summed E-state index contributed by atoms with van der Waals surface area (Å²) in [6, 6.07) is 0. The number of allylic oxidation sites excluding steroid dienone is 6. The third-order valence-electron chi connectivity index (χ3n) is 9.37. The van der Waals surface area contributed by atoms with E-state index < -0.39 is 24.8 Å². The van der Waals surface area contributed by atoms with E-state index >= 15 is 0 Å². The summed E-state index contributed by atoms with van der Waals surface area (Å²) in [5, 5.41) is 29.5. The minimum Gasteiger partial charge on any atom is -0.462 e. The second-order valence-corrected chi connectivity index (χ2v) is 14.4. The van der Waals surface area contributed by atoms with Crippen molar-refractivity contribution in [2.45, 2.75) is 200 Å². The number of carbonyl (C=O) groups excluding carboxylic acids is 2. The lowest BCUT2D eigenvalue weighted by Crippen LogP contribution is -2.28. The molecule has 0 aromatic heterocycles. The van der Waals surface area contributed by atoms with Crippen LogP contribution in [0, 0.1) is 5.92 Å². The van der Waals surface area contributed by atoms with E-state index in [1.54, 1.807) is 12.2 Å². The van der Waals surface area contributed by atoms with Crippen LogP contribution in [0.15, 0.2) is 48.6 Å². The highest BCUT2D eigenvalue weighted by Gasteiger charge is 2.16. The fourth-order valence-electron chi connectivity index (χ4n) is 5.74. The minimum atomic E-state index is -0.857. The zero-order chi connectivity index (χ0) is 37.6. The lowest BCUT2D eigenvalue weighted by molar-refractivity contribution is -0.161. The predicted molar refractivity (Wildman–Crippen MR) is 212 cm³/mol. The number of hydrogen-bond donors (Lipinski definition) is 3. The first-order valence-corrected chi connectivity index (χ1v) is 20.8. The number of rotatable bonds is 36. The van der Waals surface area contributed by atoms with Gasteiger partial charge in [-0.1, -0.05) is 185 Å². The molecule has 0 bridgehead atoms. The van der Waals surface area contributed by atoms with Gasteiger partial charge < -0.3 is 24.8 Å². The summed E-state index contributed by atoms with van der Waals surface area (Å²) in [6.07, 6.45) is 39.5. The predicted octanol–water partition coefficient (Wildman–Crippen LogP) is 10.8. The fourth-order valence-corrected chi connectivity index (χ4v) is 5.74. The van der Waals surface area contributed by atoms with Crippen molar-refractivity contribution in [2.24, 2.45) is 5.92 Å². The van der Waals surface area contributed by atoms with Crippen LogP contribution in [0.2, 0.25) is 0 Å². The summed E-state index contributed by atoms with van der Waals surface area (Å²) < 4.78 is 10.5. The van der Waals surface area contributed by atoms with E-state index in [0.29, 0.717) is 19.3 Å². The summed E-state index contributed by atoms with van der Waals surface area (Å²) in [5.41, 5.74) is 0. The Labute approximate surface area is 313 Å². The van der Waals surface area contributed by atoms with E-state index in [1.165, 1.54) is 83.5 Å². The lowest BCUT2D eigenvalue weighted by Gasteiger charge is -2.16. The molecule has 0 aliphatic carbocycles. The average Bonchev–Trinajstić information content (AvgIpc) is 3.12. The van der Waals surface area contributed by atoms with Gasteiger partial charge in [0.05, 0.1) is 18.8 Å². The van der Waals surface area contributed by atoms with Gasteiger partial charge in [0.1, 0.15) is 6.61 Å². The second kappa shape index (κ2) is 37.5. The molecule has 0 aliphatic rings. The van der Waals surface area contributed by atoms with Crippen molar-refractivity contribution in [3.05, 3.63) is 48.6 Å². The summed E-state index contributed by atoms with van der Waals surface area (Å²) >= 11 is 0. The normalized spacial score (nSPS) is 14.5. The maximum Gasteiger partial charge on any atom is 0.306 e. The summed E-state index contributed by atoms with van der Waals surface area (Å²) in [6.45, 7) is 6.23. The van der Waals surface area contributed by atoms with Crippen molar-refractivity contribution in [3.63, 3.8) is 0 Å².